The molecular weight excluding hydrogens is 240 g/mol. The number of nitrogens with zero attached hydrogens (tertiary/aromatic N) is 1. The minimum Gasteiger partial charge on any atom is -0.384 e. The molecule has 0 aliphatic rings. The van der Waals surface area contributed by atoms with Crippen LogP contribution in [0.25, 0.3) is 0 Å². The van der Waals surface area contributed by atoms with Crippen LogP contribution in [-0.2, 0) is 6.54 Å². The second-order valence-electron chi connectivity index (χ2n) is 4.21. The summed E-state index contributed by atoms with van der Waals surface area (Å²) in [5.74, 6) is 5.52. The van der Waals surface area contributed by atoms with Crippen LogP contribution >= 0.6 is 0 Å². The van der Waals surface area contributed by atoms with Gasteiger partial charge >= 0.3 is 6.03 Å². The average molecular weight is 260 g/mol. The number of aliphatic hydroxyl groups is 1. The van der Waals surface area contributed by atoms with Crippen LogP contribution in [0, 0.1) is 11.8 Å². The fourth-order valence-corrected chi connectivity index (χ4v) is 1.61. The van der Waals surface area contributed by atoms with Gasteiger partial charge in [-0.05, 0) is 18.1 Å². The summed E-state index contributed by atoms with van der Waals surface area (Å²) in [4.78, 5) is 13.4. The third-order valence-corrected chi connectivity index (χ3v) is 2.60. The minimum atomic E-state index is -0.166. The lowest BCUT2D eigenvalue weighted by Crippen LogP contribution is -2.37. The minimum absolute atomic E-state index is 0.0910. The summed E-state index contributed by atoms with van der Waals surface area (Å²) >= 11 is 0. The third-order valence-electron chi connectivity index (χ3n) is 2.60. The molecule has 0 atom stereocenters. The maximum absolute atomic E-state index is 11.8. The molecule has 0 aromatic heterocycles. The Morgan fingerprint density at radius 2 is 2.16 bits per heavy atom. The Kier molecular flexibility index (Phi) is 6.48. The molecule has 2 amide bonds. The molecule has 0 spiro atoms. The molecule has 4 heteroatoms. The first-order valence-corrected chi connectivity index (χ1v) is 6.35. The van der Waals surface area contributed by atoms with Gasteiger partial charge in [-0.2, -0.15) is 0 Å². The number of rotatable bonds is 4. The molecule has 0 unspecified atom stereocenters. The highest BCUT2D eigenvalue weighted by molar-refractivity contribution is 5.73. The van der Waals surface area contributed by atoms with Gasteiger partial charge < -0.3 is 15.3 Å². The molecule has 1 rings (SSSR count). The molecule has 0 fully saturated rings. The van der Waals surface area contributed by atoms with Crippen LogP contribution in [0.5, 0.6) is 0 Å². The van der Waals surface area contributed by atoms with E-state index in [0.29, 0.717) is 13.1 Å². The largest absolute Gasteiger partial charge is 0.384 e. The highest BCUT2D eigenvalue weighted by Crippen LogP contribution is 2.09. The van der Waals surface area contributed by atoms with Gasteiger partial charge in [0.15, 0.2) is 0 Å². The van der Waals surface area contributed by atoms with E-state index in [9.17, 15) is 4.79 Å². The van der Waals surface area contributed by atoms with Gasteiger partial charge in [0.2, 0.25) is 0 Å². The molecule has 0 aliphatic carbocycles. The third kappa shape index (κ3) is 5.02. The van der Waals surface area contributed by atoms with Gasteiger partial charge in [0.25, 0.3) is 0 Å². The number of urea groups is 1. The Bertz CT molecular complexity index is 475. The number of benzene rings is 1. The molecule has 0 heterocycles. The summed E-state index contributed by atoms with van der Waals surface area (Å²) in [7, 11) is 1.75. The molecule has 0 saturated carbocycles. The maximum atomic E-state index is 11.8. The SMILES string of the molecule is CCCNC(=O)N(C)Cc1ccccc1C#CCO. The van der Waals surface area contributed by atoms with Crippen molar-refractivity contribution in [2.24, 2.45) is 0 Å². The lowest BCUT2D eigenvalue weighted by atomic mass is 10.1. The second kappa shape index (κ2) is 8.17. The van der Waals surface area contributed by atoms with Crippen LogP contribution in [0.1, 0.15) is 24.5 Å². The van der Waals surface area contributed by atoms with Gasteiger partial charge in [0.05, 0.1) is 0 Å². The first kappa shape index (κ1) is 15.1. The van der Waals surface area contributed by atoms with E-state index in [2.05, 4.69) is 17.2 Å². The first-order valence-electron chi connectivity index (χ1n) is 6.35. The van der Waals surface area contributed by atoms with E-state index in [1.807, 2.05) is 31.2 Å². The summed E-state index contributed by atoms with van der Waals surface area (Å²) < 4.78 is 0. The molecule has 19 heavy (non-hydrogen) atoms. The fraction of sp³-hybridized carbons (Fsp3) is 0.400. The van der Waals surface area contributed by atoms with Crippen molar-refractivity contribution in [1.82, 2.24) is 10.2 Å². The van der Waals surface area contributed by atoms with E-state index in [-0.39, 0.29) is 12.6 Å². The predicted octanol–water partition coefficient (Wildman–Crippen LogP) is 1.58. The highest BCUT2D eigenvalue weighted by atomic mass is 16.2. The summed E-state index contributed by atoms with van der Waals surface area (Å²) in [6, 6.07) is 7.53. The Morgan fingerprint density at radius 3 is 2.84 bits per heavy atom. The maximum Gasteiger partial charge on any atom is 0.317 e. The van der Waals surface area contributed by atoms with Gasteiger partial charge in [-0.3, -0.25) is 0 Å². The van der Waals surface area contributed by atoms with Crippen molar-refractivity contribution in [1.29, 1.82) is 0 Å². The number of hydrogen-bond acceptors (Lipinski definition) is 2. The van der Waals surface area contributed by atoms with E-state index in [0.717, 1.165) is 17.5 Å². The van der Waals surface area contributed by atoms with Crippen molar-refractivity contribution >= 4 is 6.03 Å². The van der Waals surface area contributed by atoms with Crippen molar-refractivity contribution < 1.29 is 9.90 Å². The number of aliphatic hydroxyl groups excluding tert-OH is 1. The van der Waals surface area contributed by atoms with E-state index in [4.69, 9.17) is 5.11 Å². The molecule has 0 bridgehead atoms. The number of nitrogens with one attached hydrogen (secondary N) is 1. The topological polar surface area (TPSA) is 52.6 Å². The Labute approximate surface area is 114 Å². The van der Waals surface area contributed by atoms with Crippen molar-refractivity contribution in [2.45, 2.75) is 19.9 Å². The molecule has 0 aliphatic heterocycles. The molecule has 0 saturated heterocycles. The molecule has 0 radical (unpaired) electrons. The van der Waals surface area contributed by atoms with Crippen LogP contribution in [-0.4, -0.2) is 36.2 Å². The lowest BCUT2D eigenvalue weighted by molar-refractivity contribution is 0.207. The molecule has 1 aromatic rings. The molecule has 1 aromatic carbocycles. The zero-order chi connectivity index (χ0) is 14.1. The van der Waals surface area contributed by atoms with Gasteiger partial charge in [-0.15, -0.1) is 0 Å². The van der Waals surface area contributed by atoms with Crippen molar-refractivity contribution in [3.63, 3.8) is 0 Å². The Hall–Kier alpha value is -1.99. The van der Waals surface area contributed by atoms with E-state index in [1.54, 1.807) is 11.9 Å². The second-order valence-corrected chi connectivity index (χ2v) is 4.21. The van der Waals surface area contributed by atoms with Crippen molar-refractivity contribution in [3.8, 4) is 11.8 Å². The zero-order valence-corrected chi connectivity index (χ0v) is 11.4. The van der Waals surface area contributed by atoms with Gasteiger partial charge in [0, 0.05) is 25.7 Å². The highest BCUT2D eigenvalue weighted by Gasteiger charge is 2.09. The smallest absolute Gasteiger partial charge is 0.317 e. The average Bonchev–Trinajstić information content (AvgIpc) is 2.43. The predicted molar refractivity (Wildman–Crippen MR) is 75.6 cm³/mol. The van der Waals surface area contributed by atoms with E-state index in [1.165, 1.54) is 0 Å². The first-order chi connectivity index (χ1) is 9.19. The summed E-state index contributed by atoms with van der Waals surface area (Å²) in [6.45, 7) is 3.02. The van der Waals surface area contributed by atoms with Crippen LogP contribution in [0.15, 0.2) is 24.3 Å². The number of amides is 2. The number of carbonyl (C=O) groups is 1. The van der Waals surface area contributed by atoms with E-state index >= 15 is 0 Å². The Balaban J connectivity index is 2.73. The van der Waals surface area contributed by atoms with Crippen LogP contribution < -0.4 is 5.32 Å². The van der Waals surface area contributed by atoms with Gasteiger partial charge in [0.1, 0.15) is 6.61 Å². The molecule has 2 N–H and O–H groups in total. The summed E-state index contributed by atoms with van der Waals surface area (Å²) in [5, 5.41) is 11.6. The van der Waals surface area contributed by atoms with Gasteiger partial charge in [-0.1, -0.05) is 37.0 Å². The zero-order valence-electron chi connectivity index (χ0n) is 11.4. The van der Waals surface area contributed by atoms with Crippen molar-refractivity contribution in [2.75, 3.05) is 20.2 Å². The quantitative estimate of drug-likeness (QED) is 0.808. The van der Waals surface area contributed by atoms with E-state index < -0.39 is 0 Å². The normalized spacial score (nSPS) is 9.42. The van der Waals surface area contributed by atoms with Gasteiger partial charge in [-0.25, -0.2) is 4.79 Å². The molecule has 4 nitrogen and oxygen atoms in total. The van der Waals surface area contributed by atoms with Crippen LogP contribution in [0.2, 0.25) is 0 Å². The van der Waals surface area contributed by atoms with Crippen LogP contribution in [0.3, 0.4) is 0 Å². The van der Waals surface area contributed by atoms with Crippen LogP contribution in [0.4, 0.5) is 4.79 Å². The van der Waals surface area contributed by atoms with Crippen molar-refractivity contribution in [3.05, 3.63) is 35.4 Å². The number of hydrogen-bond donors (Lipinski definition) is 2. The molecular formula is C15H20N2O2. The number of carbonyl (C=O) groups excluding carboxylic acids is 1. The Morgan fingerprint density at radius 1 is 1.42 bits per heavy atom. The fourth-order valence-electron chi connectivity index (χ4n) is 1.61. The lowest BCUT2D eigenvalue weighted by Gasteiger charge is -2.18. The standard InChI is InChI=1S/C15H20N2O2/c1-3-10-16-15(19)17(2)12-14-8-5-4-7-13(14)9-6-11-18/h4-5,7-8,18H,3,10-12H2,1-2H3,(H,16,19). The summed E-state index contributed by atoms with van der Waals surface area (Å²) in [6.07, 6.45) is 0.915. The molecule has 102 valence electrons. The summed E-state index contributed by atoms with van der Waals surface area (Å²) in [5.41, 5.74) is 1.81. The monoisotopic (exact) mass is 260 g/mol.